The number of hydrogen-bond acceptors (Lipinski definition) is 2. The third-order valence-corrected chi connectivity index (χ3v) is 1.05. The lowest BCUT2D eigenvalue weighted by Gasteiger charge is -2.14. The van der Waals surface area contributed by atoms with Crippen LogP contribution in [-0.2, 0) is 4.79 Å². The molecule has 0 saturated heterocycles. The Balaban J connectivity index is 0. The Morgan fingerprint density at radius 2 is 2.27 bits per heavy atom. The van der Waals surface area contributed by atoms with Gasteiger partial charge in [0.25, 0.3) is 5.91 Å². The number of rotatable bonds is 4. The van der Waals surface area contributed by atoms with E-state index in [0.717, 1.165) is 13.0 Å². The van der Waals surface area contributed by atoms with Gasteiger partial charge in [0, 0.05) is 13.6 Å². The second kappa shape index (κ2) is 7.57. The molecule has 66 valence electrons. The number of amides is 1. The molecule has 3 nitrogen and oxygen atoms in total. The molecule has 0 saturated carbocycles. The SMILES string of the molecule is C=CC(=O)NN(C)CCC.Cl. The molecule has 0 aromatic heterocycles. The fraction of sp³-hybridized carbons (Fsp3) is 0.571. The average molecular weight is 179 g/mol. The van der Waals surface area contributed by atoms with Gasteiger partial charge in [-0.25, -0.2) is 5.01 Å². The van der Waals surface area contributed by atoms with Crippen LogP contribution < -0.4 is 5.43 Å². The van der Waals surface area contributed by atoms with Crippen LogP contribution in [0.25, 0.3) is 0 Å². The first kappa shape index (κ1) is 13.1. The largest absolute Gasteiger partial charge is 0.286 e. The van der Waals surface area contributed by atoms with Crippen molar-refractivity contribution in [2.45, 2.75) is 13.3 Å². The Labute approximate surface area is 73.8 Å². The monoisotopic (exact) mass is 178 g/mol. The molecule has 0 fully saturated rings. The number of hydrogen-bond donors (Lipinski definition) is 1. The van der Waals surface area contributed by atoms with Crippen LogP contribution in [0.1, 0.15) is 13.3 Å². The first-order chi connectivity index (χ1) is 4.70. The average Bonchev–Trinajstić information content (AvgIpc) is 1.88. The summed E-state index contributed by atoms with van der Waals surface area (Å²) in [4.78, 5) is 10.6. The first-order valence-corrected chi connectivity index (χ1v) is 3.35. The van der Waals surface area contributed by atoms with E-state index in [9.17, 15) is 4.79 Å². The number of carbonyl (C=O) groups excluding carboxylic acids is 1. The molecule has 0 heterocycles. The normalized spacial score (nSPS) is 8.64. The number of nitrogens with one attached hydrogen (secondary N) is 1. The lowest BCUT2D eigenvalue weighted by molar-refractivity contribution is -0.120. The quantitative estimate of drug-likeness (QED) is 0.514. The lowest BCUT2D eigenvalue weighted by Crippen LogP contribution is -2.38. The summed E-state index contributed by atoms with van der Waals surface area (Å²) < 4.78 is 0. The van der Waals surface area contributed by atoms with Crippen LogP contribution in [0.2, 0.25) is 0 Å². The zero-order valence-electron chi connectivity index (χ0n) is 6.96. The highest BCUT2D eigenvalue weighted by Crippen LogP contribution is 1.80. The van der Waals surface area contributed by atoms with Gasteiger partial charge in [-0.05, 0) is 12.5 Å². The van der Waals surface area contributed by atoms with E-state index in [-0.39, 0.29) is 18.3 Å². The first-order valence-electron chi connectivity index (χ1n) is 3.35. The molecule has 0 unspecified atom stereocenters. The molecular weight excluding hydrogens is 164 g/mol. The standard InChI is InChI=1S/C7H14N2O.ClH/c1-4-6-9(3)8-7(10)5-2;/h5H,2,4,6H2,1,3H3,(H,8,10);1H. The predicted octanol–water partition coefficient (Wildman–Crippen LogP) is 0.967. The molecule has 0 aliphatic rings. The summed E-state index contributed by atoms with van der Waals surface area (Å²) in [6.07, 6.45) is 2.28. The van der Waals surface area contributed by atoms with Crippen molar-refractivity contribution in [2.24, 2.45) is 0 Å². The van der Waals surface area contributed by atoms with E-state index < -0.39 is 0 Å². The van der Waals surface area contributed by atoms with Crippen molar-refractivity contribution in [3.8, 4) is 0 Å². The van der Waals surface area contributed by atoms with Crippen LogP contribution in [0, 0.1) is 0 Å². The van der Waals surface area contributed by atoms with Crippen molar-refractivity contribution in [1.82, 2.24) is 10.4 Å². The third kappa shape index (κ3) is 7.36. The topological polar surface area (TPSA) is 32.3 Å². The van der Waals surface area contributed by atoms with Gasteiger partial charge in [0.05, 0.1) is 0 Å². The van der Waals surface area contributed by atoms with Crippen molar-refractivity contribution in [3.05, 3.63) is 12.7 Å². The Morgan fingerprint density at radius 3 is 2.64 bits per heavy atom. The highest BCUT2D eigenvalue weighted by atomic mass is 35.5. The maximum absolute atomic E-state index is 10.6. The summed E-state index contributed by atoms with van der Waals surface area (Å²) in [5, 5.41) is 1.74. The summed E-state index contributed by atoms with van der Waals surface area (Å²) in [6, 6.07) is 0. The highest BCUT2D eigenvalue weighted by molar-refractivity contribution is 5.86. The van der Waals surface area contributed by atoms with Crippen molar-refractivity contribution in [1.29, 1.82) is 0 Å². The van der Waals surface area contributed by atoms with Crippen LogP contribution >= 0.6 is 12.4 Å². The van der Waals surface area contributed by atoms with Crippen LogP contribution in [0.5, 0.6) is 0 Å². The van der Waals surface area contributed by atoms with Crippen molar-refractivity contribution in [2.75, 3.05) is 13.6 Å². The van der Waals surface area contributed by atoms with E-state index in [1.54, 1.807) is 5.01 Å². The third-order valence-electron chi connectivity index (χ3n) is 1.05. The van der Waals surface area contributed by atoms with Gasteiger partial charge in [-0.1, -0.05) is 13.5 Å². The predicted molar refractivity (Wildman–Crippen MR) is 48.5 cm³/mol. The molecule has 0 aromatic rings. The number of carbonyl (C=O) groups is 1. The lowest BCUT2D eigenvalue weighted by atomic mass is 10.5. The van der Waals surface area contributed by atoms with E-state index in [1.165, 1.54) is 6.08 Å². The molecule has 0 atom stereocenters. The minimum absolute atomic E-state index is 0. The van der Waals surface area contributed by atoms with Gasteiger partial charge < -0.3 is 0 Å². The van der Waals surface area contributed by atoms with Crippen LogP contribution in [-0.4, -0.2) is 24.5 Å². The fourth-order valence-electron chi connectivity index (χ4n) is 0.625. The number of hydrazine groups is 1. The van der Waals surface area contributed by atoms with E-state index in [2.05, 4.69) is 18.9 Å². The summed E-state index contributed by atoms with van der Waals surface area (Å²) in [5.41, 5.74) is 2.61. The smallest absolute Gasteiger partial charge is 0.257 e. The molecule has 0 radical (unpaired) electrons. The van der Waals surface area contributed by atoms with E-state index in [4.69, 9.17) is 0 Å². The second-order valence-corrected chi connectivity index (χ2v) is 2.10. The Hall–Kier alpha value is -0.540. The number of halogens is 1. The molecule has 0 rings (SSSR count). The molecule has 1 N–H and O–H groups in total. The molecule has 0 aromatic carbocycles. The van der Waals surface area contributed by atoms with E-state index in [1.807, 2.05) is 7.05 Å². The van der Waals surface area contributed by atoms with Crippen LogP contribution in [0.4, 0.5) is 0 Å². The molecule has 11 heavy (non-hydrogen) atoms. The molecule has 0 aliphatic heterocycles. The maximum Gasteiger partial charge on any atom is 0.257 e. The molecule has 0 bridgehead atoms. The van der Waals surface area contributed by atoms with Gasteiger partial charge in [0.1, 0.15) is 0 Å². The van der Waals surface area contributed by atoms with Crippen molar-refractivity contribution in [3.63, 3.8) is 0 Å². The summed E-state index contributed by atoms with van der Waals surface area (Å²) in [6.45, 7) is 6.25. The maximum atomic E-state index is 10.6. The Kier molecular flexibility index (Phi) is 9.00. The van der Waals surface area contributed by atoms with E-state index in [0.29, 0.717) is 0 Å². The van der Waals surface area contributed by atoms with Gasteiger partial charge in [-0.2, -0.15) is 0 Å². The molecule has 0 spiro atoms. The number of nitrogens with zero attached hydrogens (tertiary/aromatic N) is 1. The highest BCUT2D eigenvalue weighted by Gasteiger charge is 1.96. The van der Waals surface area contributed by atoms with Crippen molar-refractivity contribution >= 4 is 18.3 Å². The van der Waals surface area contributed by atoms with E-state index >= 15 is 0 Å². The molecular formula is C7H15ClN2O. The zero-order valence-corrected chi connectivity index (χ0v) is 7.78. The minimum Gasteiger partial charge on any atom is -0.286 e. The second-order valence-electron chi connectivity index (χ2n) is 2.10. The van der Waals surface area contributed by atoms with Gasteiger partial charge in [-0.3, -0.25) is 10.2 Å². The van der Waals surface area contributed by atoms with Crippen molar-refractivity contribution < 1.29 is 4.79 Å². The van der Waals surface area contributed by atoms with Gasteiger partial charge >= 0.3 is 0 Å². The minimum atomic E-state index is -0.157. The van der Waals surface area contributed by atoms with Gasteiger partial charge in [0.15, 0.2) is 0 Å². The van der Waals surface area contributed by atoms with Crippen LogP contribution in [0.3, 0.4) is 0 Å². The summed E-state index contributed by atoms with van der Waals surface area (Å²) in [7, 11) is 1.82. The van der Waals surface area contributed by atoms with Gasteiger partial charge in [-0.15, -0.1) is 12.4 Å². The summed E-state index contributed by atoms with van der Waals surface area (Å²) in [5.74, 6) is -0.157. The fourth-order valence-corrected chi connectivity index (χ4v) is 0.625. The Bertz CT molecular complexity index is 128. The van der Waals surface area contributed by atoms with Gasteiger partial charge in [0.2, 0.25) is 0 Å². The molecule has 4 heteroatoms. The Morgan fingerprint density at radius 1 is 1.73 bits per heavy atom. The zero-order chi connectivity index (χ0) is 7.98. The summed E-state index contributed by atoms with van der Waals surface area (Å²) >= 11 is 0. The molecule has 0 aliphatic carbocycles. The molecule has 1 amide bonds. The van der Waals surface area contributed by atoms with Crippen LogP contribution in [0.15, 0.2) is 12.7 Å².